The van der Waals surface area contributed by atoms with Crippen LogP contribution < -0.4 is 0 Å². The molecular weight excluding hydrogens is 419 g/mol. The molecule has 1 heterocycles. The van der Waals surface area contributed by atoms with Crippen molar-refractivity contribution in [1.82, 2.24) is 4.98 Å². The number of hydrogen-bond donors (Lipinski definition) is 1. The largest absolute Gasteiger partial charge is 0.506 e. The van der Waals surface area contributed by atoms with E-state index in [4.69, 9.17) is 27.6 Å². The molecule has 4 nitrogen and oxygen atoms in total. The monoisotopic (exact) mass is 438 g/mol. The molecule has 30 heavy (non-hydrogen) atoms. The van der Waals surface area contributed by atoms with Crippen molar-refractivity contribution < 1.29 is 9.52 Å². The van der Waals surface area contributed by atoms with E-state index >= 15 is 0 Å². The summed E-state index contributed by atoms with van der Waals surface area (Å²) < 4.78 is 5.92. The van der Waals surface area contributed by atoms with Gasteiger partial charge in [0.1, 0.15) is 11.3 Å². The molecule has 0 bridgehead atoms. The molecular formula is C24H20Cl2N2O2. The SMILES string of the molecule is CC(C)(C)c1ccc2oc(-c3ccc(N=Cc4cc(Cl)cc(Cl)c4O)cc3)nc2c1. The maximum absolute atomic E-state index is 10.0. The molecule has 0 radical (unpaired) electrons. The van der Waals surface area contributed by atoms with Gasteiger partial charge in [-0.2, -0.15) is 0 Å². The van der Waals surface area contributed by atoms with Crippen LogP contribution in [-0.2, 0) is 5.41 Å². The van der Waals surface area contributed by atoms with E-state index in [0.717, 1.165) is 16.7 Å². The molecule has 0 saturated heterocycles. The zero-order valence-electron chi connectivity index (χ0n) is 16.8. The third-order valence-electron chi connectivity index (χ3n) is 4.78. The van der Waals surface area contributed by atoms with Crippen LogP contribution in [0.2, 0.25) is 10.0 Å². The van der Waals surface area contributed by atoms with Crippen molar-refractivity contribution in [2.75, 3.05) is 0 Å². The number of benzene rings is 3. The Kier molecular flexibility index (Phi) is 5.31. The minimum absolute atomic E-state index is 0.0502. The predicted octanol–water partition coefficient (Wildman–Crippen LogP) is 7.56. The van der Waals surface area contributed by atoms with Crippen LogP contribution in [0.25, 0.3) is 22.6 Å². The lowest BCUT2D eigenvalue weighted by Gasteiger charge is -2.18. The van der Waals surface area contributed by atoms with Gasteiger partial charge in [0, 0.05) is 22.4 Å². The maximum Gasteiger partial charge on any atom is 0.227 e. The normalized spacial score (nSPS) is 12.2. The maximum atomic E-state index is 10.0. The lowest BCUT2D eigenvalue weighted by Crippen LogP contribution is -2.10. The summed E-state index contributed by atoms with van der Waals surface area (Å²) in [6.07, 6.45) is 1.52. The molecule has 1 aromatic heterocycles. The van der Waals surface area contributed by atoms with Crippen LogP contribution in [0, 0.1) is 0 Å². The fourth-order valence-corrected chi connectivity index (χ4v) is 3.55. The predicted molar refractivity (Wildman–Crippen MR) is 124 cm³/mol. The van der Waals surface area contributed by atoms with Crippen LogP contribution >= 0.6 is 23.2 Å². The molecule has 0 fully saturated rings. The van der Waals surface area contributed by atoms with E-state index in [1.165, 1.54) is 17.8 Å². The van der Waals surface area contributed by atoms with Gasteiger partial charge < -0.3 is 9.52 Å². The average Bonchev–Trinajstić information content (AvgIpc) is 3.12. The summed E-state index contributed by atoms with van der Waals surface area (Å²) in [6.45, 7) is 6.52. The molecule has 0 aliphatic rings. The van der Waals surface area contributed by atoms with Gasteiger partial charge in [-0.1, -0.05) is 50.0 Å². The summed E-state index contributed by atoms with van der Waals surface area (Å²) in [4.78, 5) is 9.03. The first-order chi connectivity index (χ1) is 14.2. The van der Waals surface area contributed by atoms with Gasteiger partial charge in [0.25, 0.3) is 0 Å². The second-order valence-corrected chi connectivity index (χ2v) is 8.93. The molecule has 1 N–H and O–H groups in total. The van der Waals surface area contributed by atoms with Gasteiger partial charge in [-0.05, 0) is 59.5 Å². The average molecular weight is 439 g/mol. The Morgan fingerprint density at radius 3 is 2.43 bits per heavy atom. The topological polar surface area (TPSA) is 58.6 Å². The quantitative estimate of drug-likeness (QED) is 0.335. The van der Waals surface area contributed by atoms with Crippen molar-refractivity contribution in [3.63, 3.8) is 0 Å². The van der Waals surface area contributed by atoms with Gasteiger partial charge in [-0.15, -0.1) is 0 Å². The fourth-order valence-electron chi connectivity index (χ4n) is 3.04. The second-order valence-electron chi connectivity index (χ2n) is 8.08. The number of aliphatic imine (C=N–C) groups is 1. The lowest BCUT2D eigenvalue weighted by molar-refractivity contribution is 0.475. The highest BCUT2D eigenvalue weighted by Crippen LogP contribution is 2.32. The summed E-state index contributed by atoms with van der Waals surface area (Å²) in [7, 11) is 0. The number of oxazole rings is 1. The highest BCUT2D eigenvalue weighted by molar-refractivity contribution is 6.36. The number of phenols is 1. The molecule has 0 atom stereocenters. The third-order valence-corrected chi connectivity index (χ3v) is 5.28. The van der Waals surface area contributed by atoms with Crippen molar-refractivity contribution in [2.24, 2.45) is 4.99 Å². The van der Waals surface area contributed by atoms with Gasteiger partial charge in [-0.25, -0.2) is 4.98 Å². The number of hydrogen-bond acceptors (Lipinski definition) is 4. The Labute approximate surface area is 184 Å². The van der Waals surface area contributed by atoms with Crippen molar-refractivity contribution in [3.8, 4) is 17.2 Å². The highest BCUT2D eigenvalue weighted by atomic mass is 35.5. The zero-order valence-corrected chi connectivity index (χ0v) is 18.3. The molecule has 0 aliphatic heterocycles. The van der Waals surface area contributed by atoms with Gasteiger partial charge >= 0.3 is 0 Å². The van der Waals surface area contributed by atoms with Crippen LogP contribution in [0.3, 0.4) is 0 Å². The third kappa shape index (κ3) is 4.20. The summed E-state index contributed by atoms with van der Waals surface area (Å²) in [6, 6.07) is 16.7. The molecule has 4 rings (SSSR count). The van der Waals surface area contributed by atoms with E-state index in [9.17, 15) is 5.11 Å². The molecule has 0 amide bonds. The number of phenolic OH excluding ortho intramolecular Hbond substituents is 1. The first-order valence-electron chi connectivity index (χ1n) is 9.44. The molecule has 4 aromatic rings. The van der Waals surface area contributed by atoms with Crippen molar-refractivity contribution in [2.45, 2.75) is 26.2 Å². The van der Waals surface area contributed by atoms with Crippen LogP contribution in [0.15, 0.2) is 64.0 Å². The number of halogens is 2. The van der Waals surface area contributed by atoms with E-state index in [1.54, 1.807) is 6.07 Å². The standard InChI is InChI=1S/C24H20Cl2N2O2/c1-24(2,3)16-6-9-21-20(11-16)28-23(30-21)14-4-7-18(8-5-14)27-13-15-10-17(25)12-19(26)22(15)29/h4-13,29H,1-3H3. The summed E-state index contributed by atoms with van der Waals surface area (Å²) >= 11 is 11.9. The zero-order chi connectivity index (χ0) is 21.5. The molecule has 0 unspecified atom stereocenters. The number of fused-ring (bicyclic) bond motifs is 1. The van der Waals surface area contributed by atoms with Gasteiger partial charge in [-0.3, -0.25) is 4.99 Å². The molecule has 3 aromatic carbocycles. The number of nitrogens with zero attached hydrogens (tertiary/aromatic N) is 2. The fraction of sp³-hybridized carbons (Fsp3) is 0.167. The van der Waals surface area contributed by atoms with E-state index < -0.39 is 0 Å². The number of rotatable bonds is 3. The molecule has 0 spiro atoms. The lowest BCUT2D eigenvalue weighted by atomic mass is 9.87. The summed E-state index contributed by atoms with van der Waals surface area (Å²) in [5.41, 5.74) is 4.88. The van der Waals surface area contributed by atoms with E-state index in [2.05, 4.69) is 42.9 Å². The van der Waals surface area contributed by atoms with E-state index in [1.807, 2.05) is 30.3 Å². The molecule has 152 valence electrons. The first kappa shape index (κ1) is 20.5. The molecule has 0 aliphatic carbocycles. The Bertz CT molecular complexity index is 1250. The Morgan fingerprint density at radius 1 is 1.00 bits per heavy atom. The number of aromatic hydroxyl groups is 1. The van der Waals surface area contributed by atoms with Crippen LogP contribution in [0.5, 0.6) is 5.75 Å². The number of aromatic nitrogens is 1. The van der Waals surface area contributed by atoms with E-state index in [0.29, 0.717) is 22.2 Å². The molecule has 0 saturated carbocycles. The van der Waals surface area contributed by atoms with Crippen LogP contribution in [0.1, 0.15) is 31.9 Å². The van der Waals surface area contributed by atoms with E-state index in [-0.39, 0.29) is 16.2 Å². The first-order valence-corrected chi connectivity index (χ1v) is 10.2. The van der Waals surface area contributed by atoms with Gasteiger partial charge in [0.15, 0.2) is 5.58 Å². The second kappa shape index (κ2) is 7.78. The van der Waals surface area contributed by atoms with Gasteiger partial charge in [0.2, 0.25) is 5.89 Å². The summed E-state index contributed by atoms with van der Waals surface area (Å²) in [5, 5.41) is 10.6. The van der Waals surface area contributed by atoms with Crippen LogP contribution in [-0.4, -0.2) is 16.3 Å². The minimum atomic E-state index is -0.0532. The minimum Gasteiger partial charge on any atom is -0.506 e. The highest BCUT2D eigenvalue weighted by Gasteiger charge is 2.16. The van der Waals surface area contributed by atoms with Crippen molar-refractivity contribution in [1.29, 1.82) is 0 Å². The van der Waals surface area contributed by atoms with Crippen molar-refractivity contribution >= 4 is 46.2 Å². The Morgan fingerprint density at radius 2 is 1.73 bits per heavy atom. The Hall–Kier alpha value is -2.82. The van der Waals surface area contributed by atoms with Gasteiger partial charge in [0.05, 0.1) is 10.7 Å². The smallest absolute Gasteiger partial charge is 0.227 e. The van der Waals surface area contributed by atoms with Crippen LogP contribution in [0.4, 0.5) is 5.69 Å². The van der Waals surface area contributed by atoms with Crippen molar-refractivity contribution in [3.05, 3.63) is 75.8 Å². The summed E-state index contributed by atoms with van der Waals surface area (Å²) in [5.74, 6) is 0.508. The Balaban J connectivity index is 1.59. The molecule has 6 heteroatoms.